The molecule has 0 aromatic heterocycles. The third-order valence-corrected chi connectivity index (χ3v) is 6.60. The second-order valence-electron chi connectivity index (χ2n) is 8.80. The van der Waals surface area contributed by atoms with Crippen molar-refractivity contribution in [3.05, 3.63) is 88.9 Å². The number of aliphatic imine (C=N–C) groups is 1. The summed E-state index contributed by atoms with van der Waals surface area (Å²) in [5.41, 5.74) is 5.46. The molecule has 0 spiro atoms. The second kappa shape index (κ2) is 11.0. The van der Waals surface area contributed by atoms with Gasteiger partial charge >= 0.3 is 6.36 Å². The van der Waals surface area contributed by atoms with Crippen LogP contribution in [0.15, 0.2) is 77.8 Å². The van der Waals surface area contributed by atoms with Gasteiger partial charge in [0, 0.05) is 28.0 Å². The normalized spacial score (nSPS) is 12.9. The Labute approximate surface area is 233 Å². The number of anilines is 4. The Bertz CT molecular complexity index is 1560. The predicted octanol–water partition coefficient (Wildman–Crippen LogP) is 7.58. The molecule has 5 rings (SSSR count). The van der Waals surface area contributed by atoms with E-state index in [9.17, 15) is 13.2 Å². The molecule has 6 nitrogen and oxygen atoms in total. The lowest BCUT2D eigenvalue weighted by Gasteiger charge is -2.19. The summed E-state index contributed by atoms with van der Waals surface area (Å²) < 4.78 is 41.4. The van der Waals surface area contributed by atoms with Gasteiger partial charge in [-0.15, -0.1) is 13.2 Å². The zero-order chi connectivity index (χ0) is 27.6. The molecule has 4 aromatic carbocycles. The molecular formula is C28H23ClF3N5OS. The van der Waals surface area contributed by atoms with Crippen LogP contribution in [0.3, 0.4) is 0 Å². The van der Waals surface area contributed by atoms with Crippen molar-refractivity contribution in [2.45, 2.75) is 13.3 Å². The number of thiocarbonyl (C=S) groups is 1. The predicted molar refractivity (Wildman–Crippen MR) is 156 cm³/mol. The number of aryl methyl sites for hydroxylation is 1. The number of nitrogens with one attached hydrogen (secondary N) is 3. The number of alkyl halides is 3. The molecule has 1 heterocycles. The van der Waals surface area contributed by atoms with Gasteiger partial charge < -0.3 is 25.6 Å². The van der Waals surface area contributed by atoms with Gasteiger partial charge in [0.25, 0.3) is 0 Å². The van der Waals surface area contributed by atoms with Crippen LogP contribution >= 0.6 is 23.8 Å². The lowest BCUT2D eigenvalue weighted by molar-refractivity contribution is -0.274. The molecule has 39 heavy (non-hydrogen) atoms. The van der Waals surface area contributed by atoms with Crippen LogP contribution in [0.1, 0.15) is 11.1 Å². The standard InChI is InChI=1S/C28H23ClF3N5OS/c1-17-12-20(29)4-10-24(17)36-27(39)34-15-33-14-18-2-9-23-19(13-18)3-11-25-26(23)35-16-37(25)21-5-7-22(8-6-21)38-28(30,31)32/h2-14,35H,15-16H2,1H3,(H2,34,36,39)/b33-14+. The molecule has 0 bridgehead atoms. The van der Waals surface area contributed by atoms with E-state index in [1.165, 1.54) is 12.1 Å². The van der Waals surface area contributed by atoms with Gasteiger partial charge in [-0.05, 0) is 90.3 Å². The Kier molecular flexibility index (Phi) is 7.49. The molecule has 0 amide bonds. The summed E-state index contributed by atoms with van der Waals surface area (Å²) in [4.78, 5) is 6.43. The Morgan fingerprint density at radius 1 is 1.10 bits per heavy atom. The average Bonchev–Trinajstić information content (AvgIpc) is 3.32. The van der Waals surface area contributed by atoms with E-state index < -0.39 is 6.36 Å². The van der Waals surface area contributed by atoms with Gasteiger partial charge in [0.05, 0.1) is 18.0 Å². The minimum absolute atomic E-state index is 0.253. The van der Waals surface area contributed by atoms with Crippen LogP contribution in [0.2, 0.25) is 5.02 Å². The molecule has 0 aliphatic carbocycles. The minimum atomic E-state index is -4.72. The van der Waals surface area contributed by atoms with Crippen molar-refractivity contribution in [1.82, 2.24) is 5.32 Å². The number of hydrogen-bond donors (Lipinski definition) is 3. The fourth-order valence-electron chi connectivity index (χ4n) is 4.33. The van der Waals surface area contributed by atoms with Gasteiger partial charge in [0.2, 0.25) is 0 Å². The number of hydrogen-bond acceptors (Lipinski definition) is 5. The van der Waals surface area contributed by atoms with Crippen LogP contribution in [0, 0.1) is 6.92 Å². The molecule has 0 saturated carbocycles. The van der Waals surface area contributed by atoms with Gasteiger partial charge in [-0.25, -0.2) is 0 Å². The third-order valence-electron chi connectivity index (χ3n) is 6.12. The van der Waals surface area contributed by atoms with Gasteiger partial charge in [0.15, 0.2) is 5.11 Å². The fraction of sp³-hybridized carbons (Fsp3) is 0.143. The minimum Gasteiger partial charge on any atom is -0.406 e. The molecule has 0 radical (unpaired) electrons. The van der Waals surface area contributed by atoms with Crippen LogP contribution in [0.5, 0.6) is 5.75 Å². The number of nitrogens with zero attached hydrogens (tertiary/aromatic N) is 2. The Morgan fingerprint density at radius 3 is 2.64 bits per heavy atom. The maximum Gasteiger partial charge on any atom is 0.573 e. The van der Waals surface area contributed by atoms with E-state index >= 15 is 0 Å². The van der Waals surface area contributed by atoms with Gasteiger partial charge in [-0.1, -0.05) is 29.8 Å². The highest BCUT2D eigenvalue weighted by Crippen LogP contribution is 2.42. The van der Waals surface area contributed by atoms with E-state index in [1.807, 2.05) is 54.3 Å². The largest absolute Gasteiger partial charge is 0.573 e. The number of halogens is 4. The quantitative estimate of drug-likeness (QED) is 0.164. The smallest absolute Gasteiger partial charge is 0.406 e. The summed E-state index contributed by atoms with van der Waals surface area (Å²) in [6.07, 6.45) is -2.94. The summed E-state index contributed by atoms with van der Waals surface area (Å²) in [6.45, 7) is 2.75. The van der Waals surface area contributed by atoms with Crippen molar-refractivity contribution in [2.24, 2.45) is 4.99 Å². The molecular weight excluding hydrogens is 547 g/mol. The highest BCUT2D eigenvalue weighted by atomic mass is 35.5. The molecule has 1 aliphatic rings. The topological polar surface area (TPSA) is 60.9 Å². The monoisotopic (exact) mass is 569 g/mol. The fourth-order valence-corrected chi connectivity index (χ4v) is 4.73. The van der Waals surface area contributed by atoms with E-state index in [2.05, 4.69) is 25.7 Å². The zero-order valence-electron chi connectivity index (χ0n) is 20.6. The number of ether oxygens (including phenoxy) is 1. The summed E-state index contributed by atoms with van der Waals surface area (Å²) in [5.74, 6) is -0.253. The molecule has 200 valence electrons. The van der Waals surface area contributed by atoms with Crippen molar-refractivity contribution in [1.29, 1.82) is 0 Å². The van der Waals surface area contributed by atoms with Crippen molar-refractivity contribution < 1.29 is 17.9 Å². The number of rotatable bonds is 6. The van der Waals surface area contributed by atoms with Crippen molar-refractivity contribution >= 4 is 68.7 Å². The van der Waals surface area contributed by atoms with Crippen LogP contribution in [-0.2, 0) is 0 Å². The number of fused-ring (bicyclic) bond motifs is 3. The molecule has 1 aliphatic heterocycles. The highest BCUT2D eigenvalue weighted by molar-refractivity contribution is 7.80. The van der Waals surface area contributed by atoms with Crippen molar-refractivity contribution in [3.63, 3.8) is 0 Å². The SMILES string of the molecule is Cc1cc(Cl)ccc1NC(=S)NC/N=C/c1ccc2c3c(ccc2c1)N(c1ccc(OC(F)(F)F)cc1)CN3. The summed E-state index contributed by atoms with van der Waals surface area (Å²) in [5, 5.41) is 12.8. The summed E-state index contributed by atoms with van der Waals surface area (Å²) in [7, 11) is 0. The van der Waals surface area contributed by atoms with E-state index in [0.29, 0.717) is 23.5 Å². The first-order valence-corrected chi connectivity index (χ1v) is 12.7. The maximum atomic E-state index is 12.5. The average molecular weight is 570 g/mol. The second-order valence-corrected chi connectivity index (χ2v) is 9.65. The summed E-state index contributed by atoms with van der Waals surface area (Å²) in [6, 6.07) is 21.4. The molecule has 0 unspecified atom stereocenters. The Hall–Kier alpha value is -4.02. The van der Waals surface area contributed by atoms with E-state index in [4.69, 9.17) is 23.8 Å². The molecule has 3 N–H and O–H groups in total. The first-order chi connectivity index (χ1) is 18.7. The maximum absolute atomic E-state index is 12.5. The highest BCUT2D eigenvalue weighted by Gasteiger charge is 2.31. The van der Waals surface area contributed by atoms with Crippen molar-refractivity contribution in [3.8, 4) is 5.75 Å². The molecule has 0 saturated heterocycles. The summed E-state index contributed by atoms with van der Waals surface area (Å²) >= 11 is 11.3. The van der Waals surface area contributed by atoms with E-state index in [-0.39, 0.29) is 5.75 Å². The zero-order valence-corrected chi connectivity index (χ0v) is 22.2. The third kappa shape index (κ3) is 6.35. The molecule has 4 aromatic rings. The van der Waals surface area contributed by atoms with Gasteiger partial charge in [0.1, 0.15) is 12.4 Å². The van der Waals surface area contributed by atoms with Crippen LogP contribution in [0.25, 0.3) is 10.8 Å². The van der Waals surface area contributed by atoms with Gasteiger partial charge in [-0.2, -0.15) is 0 Å². The lowest BCUT2D eigenvalue weighted by Crippen LogP contribution is -2.28. The first kappa shape index (κ1) is 26.6. The van der Waals surface area contributed by atoms with Gasteiger partial charge in [-0.3, -0.25) is 4.99 Å². The van der Waals surface area contributed by atoms with Crippen LogP contribution in [0.4, 0.5) is 35.9 Å². The van der Waals surface area contributed by atoms with Crippen molar-refractivity contribution in [2.75, 3.05) is 28.9 Å². The lowest BCUT2D eigenvalue weighted by atomic mass is 10.0. The first-order valence-electron chi connectivity index (χ1n) is 11.9. The Morgan fingerprint density at radius 2 is 1.90 bits per heavy atom. The van der Waals surface area contributed by atoms with Crippen LogP contribution in [-0.4, -0.2) is 31.0 Å². The van der Waals surface area contributed by atoms with Crippen LogP contribution < -0.4 is 25.6 Å². The van der Waals surface area contributed by atoms with E-state index in [1.54, 1.807) is 24.4 Å². The molecule has 11 heteroatoms. The van der Waals surface area contributed by atoms with E-state index in [0.717, 1.165) is 44.6 Å². The molecule has 0 atom stereocenters. The number of benzene rings is 4. The molecule has 0 fully saturated rings. The Balaban J connectivity index is 1.23.